The number of methoxy groups -OCH3 is 2. The first-order valence-electron chi connectivity index (χ1n) is 15.3. The third-order valence-corrected chi connectivity index (χ3v) is 11.7. The number of hydrogen-bond donors (Lipinski definition) is 1. The Hall–Kier alpha value is -4.38. The first kappa shape index (κ1) is 33.1. The molecule has 0 aromatic heterocycles. The average Bonchev–Trinajstić information content (AvgIpc) is 3.43. The highest BCUT2D eigenvalue weighted by Gasteiger charge is 2.76. The van der Waals surface area contributed by atoms with Gasteiger partial charge in [-0.3, -0.25) is 24.1 Å². The number of nitrogens with zero attached hydrogens (tertiary/aromatic N) is 2. The lowest BCUT2D eigenvalue weighted by Crippen LogP contribution is -2.60. The molecular weight excluding hydrogens is 698 g/mol. The summed E-state index contributed by atoms with van der Waals surface area (Å²) in [6.07, 6.45) is 5.04. The summed E-state index contributed by atoms with van der Waals surface area (Å²) in [6, 6.07) is 14.2. The molecule has 1 saturated carbocycles. The van der Waals surface area contributed by atoms with Gasteiger partial charge in [0, 0.05) is 10.9 Å². The van der Waals surface area contributed by atoms with Crippen LogP contribution in [0.25, 0.3) is 6.08 Å². The van der Waals surface area contributed by atoms with Crippen LogP contribution in [0.2, 0.25) is 5.02 Å². The van der Waals surface area contributed by atoms with Gasteiger partial charge in [-0.15, -0.1) is 23.2 Å². The fraction of sp³-hybridized carbons (Fsp3) is 0.278. The van der Waals surface area contributed by atoms with Gasteiger partial charge in [0.1, 0.15) is 5.82 Å². The van der Waals surface area contributed by atoms with Gasteiger partial charge >= 0.3 is 0 Å². The Morgan fingerprint density at radius 1 is 0.857 bits per heavy atom. The number of phenolic OH excluding ortho intramolecular Hbond substituents is 1. The highest BCUT2D eigenvalue weighted by atomic mass is 35.5. The summed E-state index contributed by atoms with van der Waals surface area (Å²) in [4.78, 5) is 54.6. The topological polar surface area (TPSA) is 113 Å². The van der Waals surface area contributed by atoms with Gasteiger partial charge in [-0.05, 0) is 85.0 Å². The van der Waals surface area contributed by atoms with Gasteiger partial charge in [0.05, 0.1) is 37.4 Å². The number of ether oxygens (including phenoxy) is 2. The van der Waals surface area contributed by atoms with Gasteiger partial charge in [-0.1, -0.05) is 35.4 Å². The molecule has 9 nitrogen and oxygen atoms in total. The molecule has 4 amide bonds. The predicted molar refractivity (Wildman–Crippen MR) is 182 cm³/mol. The van der Waals surface area contributed by atoms with E-state index in [2.05, 4.69) is 0 Å². The fourth-order valence-corrected chi connectivity index (χ4v) is 8.73. The van der Waals surface area contributed by atoms with Gasteiger partial charge in [0.2, 0.25) is 17.6 Å². The van der Waals surface area contributed by atoms with Gasteiger partial charge in [0.25, 0.3) is 11.8 Å². The number of carbonyl (C=O) groups is 4. The zero-order valence-electron chi connectivity index (χ0n) is 26.0. The maximum Gasteiger partial charge on any atom is 0.258 e. The van der Waals surface area contributed by atoms with Crippen molar-refractivity contribution < 1.29 is 38.1 Å². The number of alkyl halides is 2. The van der Waals surface area contributed by atoms with Crippen molar-refractivity contribution in [3.8, 4) is 17.2 Å². The molecule has 6 atom stereocenters. The van der Waals surface area contributed by atoms with Crippen molar-refractivity contribution in [1.82, 2.24) is 0 Å². The summed E-state index contributed by atoms with van der Waals surface area (Å²) in [6.45, 7) is 0. The summed E-state index contributed by atoms with van der Waals surface area (Å²) in [5, 5.41) is 10.9. The number of hydrogen-bond acceptors (Lipinski definition) is 7. The Balaban J connectivity index is 1.37. The number of aromatic hydroxyl groups is 1. The molecule has 7 rings (SSSR count). The minimum Gasteiger partial charge on any atom is -0.502 e. The van der Waals surface area contributed by atoms with E-state index >= 15 is 0 Å². The second-order valence-corrected chi connectivity index (χ2v) is 14.1. The lowest BCUT2D eigenvalue weighted by Gasteiger charge is -2.49. The average molecular weight is 726 g/mol. The molecule has 2 heterocycles. The lowest BCUT2D eigenvalue weighted by molar-refractivity contribution is -0.125. The molecule has 13 heteroatoms. The molecule has 2 aliphatic carbocycles. The van der Waals surface area contributed by atoms with E-state index in [1.165, 1.54) is 26.4 Å². The van der Waals surface area contributed by atoms with Crippen LogP contribution in [0.1, 0.15) is 18.4 Å². The maximum absolute atomic E-state index is 14.4. The van der Waals surface area contributed by atoms with Gasteiger partial charge in [0.15, 0.2) is 21.2 Å². The summed E-state index contributed by atoms with van der Waals surface area (Å²) in [5.41, 5.74) is 1.52. The standard InChI is InChI=1S/C36H28Cl3FN2O7/c1-48-27-15-18(16-28(49-2)30(27)43)3-14-26-23-12-13-24-29(32(45)41(31(24)44)21-8-4-19(37)5-9-21)25(23)17-35(38)33(46)42(34(47)36(26,35)39)22-10-6-20(40)7-11-22/h3-12,14-16,24-26,29,43H,13,17H2,1-2H3. The maximum atomic E-state index is 14.4. The van der Waals surface area contributed by atoms with E-state index in [0.29, 0.717) is 21.8 Å². The van der Waals surface area contributed by atoms with E-state index in [9.17, 15) is 28.7 Å². The predicted octanol–water partition coefficient (Wildman–Crippen LogP) is 6.52. The highest BCUT2D eigenvalue weighted by molar-refractivity contribution is 6.58. The number of halogens is 4. The first-order valence-corrected chi connectivity index (χ1v) is 16.5. The SMILES string of the molecule is COc1cc(C=CC2C3=CCC4C(=O)N(c5ccc(Cl)cc5)C(=O)C4C3CC3(Cl)C(=O)N(c4ccc(F)cc4)C(=O)C23Cl)cc(OC)c1O. The quantitative estimate of drug-likeness (QED) is 0.175. The number of fused-ring (bicyclic) bond motifs is 4. The molecule has 2 saturated heterocycles. The lowest BCUT2D eigenvalue weighted by atomic mass is 9.57. The van der Waals surface area contributed by atoms with Gasteiger partial charge in [-0.25, -0.2) is 9.29 Å². The van der Waals surface area contributed by atoms with Crippen molar-refractivity contribution >= 4 is 75.9 Å². The molecule has 4 aliphatic rings. The summed E-state index contributed by atoms with van der Waals surface area (Å²) in [7, 11) is 2.76. The van der Waals surface area contributed by atoms with E-state index in [4.69, 9.17) is 44.3 Å². The van der Waals surface area contributed by atoms with Crippen molar-refractivity contribution in [2.45, 2.75) is 22.6 Å². The molecule has 0 spiro atoms. The minimum absolute atomic E-state index is 0.0810. The van der Waals surface area contributed by atoms with Crippen LogP contribution in [0.15, 0.2) is 78.4 Å². The molecule has 3 aromatic carbocycles. The van der Waals surface area contributed by atoms with E-state index in [-0.39, 0.29) is 35.8 Å². The number of amides is 4. The van der Waals surface area contributed by atoms with E-state index < -0.39 is 62.9 Å². The van der Waals surface area contributed by atoms with Gasteiger partial charge < -0.3 is 14.6 Å². The minimum atomic E-state index is -2.09. The normalized spacial score (nSPS) is 29.2. The largest absolute Gasteiger partial charge is 0.502 e. The number of rotatable bonds is 6. The molecule has 6 unspecified atom stereocenters. The zero-order valence-corrected chi connectivity index (χ0v) is 28.3. The Morgan fingerprint density at radius 3 is 2.06 bits per heavy atom. The Kier molecular flexibility index (Phi) is 8.04. The molecule has 1 N–H and O–H groups in total. The van der Waals surface area contributed by atoms with Crippen molar-refractivity contribution in [3.05, 3.63) is 94.8 Å². The smallest absolute Gasteiger partial charge is 0.258 e. The highest BCUT2D eigenvalue weighted by Crippen LogP contribution is 2.63. The monoisotopic (exact) mass is 724 g/mol. The molecule has 3 fully saturated rings. The Labute approximate surface area is 295 Å². The van der Waals surface area contributed by atoms with E-state index in [1.54, 1.807) is 48.6 Å². The number of phenols is 1. The molecule has 0 bridgehead atoms. The molecule has 3 aromatic rings. The third kappa shape index (κ3) is 4.79. The van der Waals surface area contributed by atoms with Crippen LogP contribution in [0.3, 0.4) is 0 Å². The molecule has 49 heavy (non-hydrogen) atoms. The summed E-state index contributed by atoms with van der Waals surface area (Å²) < 4.78 is 24.5. The van der Waals surface area contributed by atoms with Crippen LogP contribution < -0.4 is 19.3 Å². The number of anilines is 2. The van der Waals surface area contributed by atoms with Crippen LogP contribution in [0.4, 0.5) is 15.8 Å². The van der Waals surface area contributed by atoms with Crippen LogP contribution in [-0.2, 0) is 19.2 Å². The third-order valence-electron chi connectivity index (χ3n) is 10.0. The van der Waals surface area contributed by atoms with E-state index in [0.717, 1.165) is 21.9 Å². The van der Waals surface area contributed by atoms with Crippen molar-refractivity contribution in [1.29, 1.82) is 0 Å². The van der Waals surface area contributed by atoms with Crippen LogP contribution in [0.5, 0.6) is 17.2 Å². The van der Waals surface area contributed by atoms with Gasteiger partial charge in [-0.2, -0.15) is 0 Å². The number of allylic oxidation sites excluding steroid dienone is 3. The first-order chi connectivity index (χ1) is 23.3. The number of imide groups is 2. The molecule has 2 aliphatic heterocycles. The van der Waals surface area contributed by atoms with Crippen LogP contribution in [-0.4, -0.2) is 52.7 Å². The second-order valence-electron chi connectivity index (χ2n) is 12.4. The molecule has 0 radical (unpaired) electrons. The van der Waals surface area contributed by atoms with Crippen molar-refractivity contribution in [2.24, 2.45) is 23.7 Å². The second kappa shape index (κ2) is 11.9. The van der Waals surface area contributed by atoms with Crippen LogP contribution in [0, 0.1) is 29.5 Å². The summed E-state index contributed by atoms with van der Waals surface area (Å²) in [5.74, 6) is -6.45. The molecular formula is C36H28Cl3FN2O7. The number of carbonyl (C=O) groups excluding carboxylic acids is 4. The van der Waals surface area contributed by atoms with Crippen LogP contribution >= 0.6 is 34.8 Å². The van der Waals surface area contributed by atoms with E-state index in [1.807, 2.05) is 6.08 Å². The Bertz CT molecular complexity index is 1960. The summed E-state index contributed by atoms with van der Waals surface area (Å²) >= 11 is 20.8. The number of benzene rings is 3. The van der Waals surface area contributed by atoms with Crippen molar-refractivity contribution in [2.75, 3.05) is 24.0 Å². The van der Waals surface area contributed by atoms with Crippen molar-refractivity contribution in [3.63, 3.8) is 0 Å². The zero-order chi connectivity index (χ0) is 35.0. The Morgan fingerprint density at radius 2 is 1.45 bits per heavy atom. The fourth-order valence-electron chi connectivity index (χ4n) is 7.71. The molecule has 252 valence electrons.